The van der Waals surface area contributed by atoms with Crippen molar-refractivity contribution in [1.29, 1.82) is 0 Å². The summed E-state index contributed by atoms with van der Waals surface area (Å²) in [5.41, 5.74) is 0. The molecule has 0 amide bonds. The van der Waals surface area contributed by atoms with E-state index in [0.29, 0.717) is 0 Å². The Morgan fingerprint density at radius 1 is 0.941 bits per heavy atom. The molecule has 1 fully saturated rings. The van der Waals surface area contributed by atoms with Gasteiger partial charge in [-0.25, -0.2) is 0 Å². The van der Waals surface area contributed by atoms with Gasteiger partial charge in [0.25, 0.3) is 0 Å². The summed E-state index contributed by atoms with van der Waals surface area (Å²) in [6.07, 6.45) is 10.1. The summed E-state index contributed by atoms with van der Waals surface area (Å²) in [6.45, 7) is 9.24. The van der Waals surface area contributed by atoms with Crippen molar-refractivity contribution in [2.75, 3.05) is 26.2 Å². The first-order valence-corrected chi connectivity index (χ1v) is 7.70. The lowest BCUT2D eigenvalue weighted by atomic mass is 9.87. The highest BCUT2D eigenvalue weighted by Gasteiger charge is 2.12. The lowest BCUT2D eigenvalue weighted by molar-refractivity contribution is 0.333. The Morgan fingerprint density at radius 3 is 2.35 bits per heavy atom. The first kappa shape index (κ1) is 15.0. The SMILES string of the molecule is CC(C)CNCCCNCCC1CCCCC1. The lowest BCUT2D eigenvalue weighted by Gasteiger charge is -2.21. The van der Waals surface area contributed by atoms with E-state index >= 15 is 0 Å². The van der Waals surface area contributed by atoms with Gasteiger partial charge < -0.3 is 10.6 Å². The topological polar surface area (TPSA) is 24.1 Å². The normalized spacial score (nSPS) is 17.8. The average molecular weight is 240 g/mol. The molecule has 2 heteroatoms. The summed E-state index contributed by atoms with van der Waals surface area (Å²) in [5.74, 6) is 1.80. The van der Waals surface area contributed by atoms with Gasteiger partial charge in [0.2, 0.25) is 0 Å². The molecule has 0 atom stereocenters. The Kier molecular flexibility index (Phi) is 8.72. The third-order valence-electron chi connectivity index (χ3n) is 3.71. The summed E-state index contributed by atoms with van der Waals surface area (Å²) in [5, 5.41) is 7.07. The number of nitrogens with one attached hydrogen (secondary N) is 2. The van der Waals surface area contributed by atoms with E-state index in [0.717, 1.165) is 24.9 Å². The fraction of sp³-hybridized carbons (Fsp3) is 1.00. The fourth-order valence-corrected chi connectivity index (χ4v) is 2.64. The second-order valence-corrected chi connectivity index (χ2v) is 5.99. The molecular formula is C15H32N2. The van der Waals surface area contributed by atoms with E-state index in [4.69, 9.17) is 0 Å². The third-order valence-corrected chi connectivity index (χ3v) is 3.71. The molecule has 1 rings (SSSR count). The minimum Gasteiger partial charge on any atom is -0.317 e. The van der Waals surface area contributed by atoms with Crippen LogP contribution >= 0.6 is 0 Å². The van der Waals surface area contributed by atoms with Crippen LogP contribution in [0.15, 0.2) is 0 Å². The molecule has 1 aliphatic carbocycles. The first-order valence-electron chi connectivity index (χ1n) is 7.70. The minimum absolute atomic E-state index is 0.772. The van der Waals surface area contributed by atoms with Gasteiger partial charge in [-0.1, -0.05) is 46.0 Å². The Labute approximate surface area is 108 Å². The molecule has 0 radical (unpaired) electrons. The highest BCUT2D eigenvalue weighted by atomic mass is 14.9. The number of rotatable bonds is 9. The van der Waals surface area contributed by atoms with Crippen molar-refractivity contribution in [3.63, 3.8) is 0 Å². The summed E-state index contributed by atoms with van der Waals surface area (Å²) >= 11 is 0. The third kappa shape index (κ3) is 8.62. The van der Waals surface area contributed by atoms with Crippen LogP contribution in [0.1, 0.15) is 58.8 Å². The van der Waals surface area contributed by atoms with Gasteiger partial charge in [-0.05, 0) is 50.9 Å². The first-order chi connectivity index (χ1) is 8.29. The smallest absolute Gasteiger partial charge is 0.00258 e. The highest BCUT2D eigenvalue weighted by molar-refractivity contribution is 4.66. The van der Waals surface area contributed by atoms with Gasteiger partial charge in [0, 0.05) is 0 Å². The van der Waals surface area contributed by atoms with E-state index in [-0.39, 0.29) is 0 Å². The van der Waals surface area contributed by atoms with Crippen molar-refractivity contribution in [3.8, 4) is 0 Å². The van der Waals surface area contributed by atoms with E-state index in [9.17, 15) is 0 Å². The van der Waals surface area contributed by atoms with Crippen LogP contribution in [0.25, 0.3) is 0 Å². The summed E-state index contributed by atoms with van der Waals surface area (Å²) in [6, 6.07) is 0. The van der Waals surface area contributed by atoms with E-state index in [1.54, 1.807) is 0 Å². The molecule has 2 N–H and O–H groups in total. The quantitative estimate of drug-likeness (QED) is 0.605. The molecule has 0 spiro atoms. The molecule has 0 bridgehead atoms. The van der Waals surface area contributed by atoms with Gasteiger partial charge in [-0.2, -0.15) is 0 Å². The van der Waals surface area contributed by atoms with Crippen molar-refractivity contribution in [2.45, 2.75) is 58.8 Å². The summed E-state index contributed by atoms with van der Waals surface area (Å²) in [7, 11) is 0. The van der Waals surface area contributed by atoms with Crippen LogP contribution in [0, 0.1) is 11.8 Å². The molecule has 0 heterocycles. The van der Waals surface area contributed by atoms with E-state index in [1.807, 2.05) is 0 Å². The van der Waals surface area contributed by atoms with Crippen molar-refractivity contribution >= 4 is 0 Å². The Morgan fingerprint density at radius 2 is 1.65 bits per heavy atom. The predicted molar refractivity (Wildman–Crippen MR) is 76.4 cm³/mol. The van der Waals surface area contributed by atoms with Crippen LogP contribution in [0.4, 0.5) is 0 Å². The van der Waals surface area contributed by atoms with Crippen LogP contribution in [0.5, 0.6) is 0 Å². The van der Waals surface area contributed by atoms with Crippen LogP contribution in [0.2, 0.25) is 0 Å². The molecule has 2 nitrogen and oxygen atoms in total. The Bertz CT molecular complexity index is 162. The van der Waals surface area contributed by atoms with Crippen molar-refractivity contribution in [3.05, 3.63) is 0 Å². The van der Waals surface area contributed by atoms with Crippen LogP contribution in [0.3, 0.4) is 0 Å². The summed E-state index contributed by atoms with van der Waals surface area (Å²) < 4.78 is 0. The molecule has 0 aromatic heterocycles. The molecular weight excluding hydrogens is 208 g/mol. The van der Waals surface area contributed by atoms with E-state index in [2.05, 4.69) is 24.5 Å². The van der Waals surface area contributed by atoms with Gasteiger partial charge in [0.15, 0.2) is 0 Å². The fourth-order valence-electron chi connectivity index (χ4n) is 2.64. The van der Waals surface area contributed by atoms with E-state index < -0.39 is 0 Å². The molecule has 0 unspecified atom stereocenters. The zero-order chi connectivity index (χ0) is 12.3. The molecule has 0 aliphatic heterocycles. The molecule has 0 aromatic carbocycles. The predicted octanol–water partition coefficient (Wildman–Crippen LogP) is 3.18. The maximum Gasteiger partial charge on any atom is -0.00258 e. The average Bonchev–Trinajstić information content (AvgIpc) is 2.33. The van der Waals surface area contributed by atoms with Crippen LogP contribution in [-0.4, -0.2) is 26.2 Å². The Hall–Kier alpha value is -0.0800. The highest BCUT2D eigenvalue weighted by Crippen LogP contribution is 2.25. The molecule has 0 saturated heterocycles. The zero-order valence-electron chi connectivity index (χ0n) is 11.9. The monoisotopic (exact) mass is 240 g/mol. The van der Waals surface area contributed by atoms with Gasteiger partial charge in [-0.3, -0.25) is 0 Å². The summed E-state index contributed by atoms with van der Waals surface area (Å²) in [4.78, 5) is 0. The van der Waals surface area contributed by atoms with Crippen LogP contribution < -0.4 is 10.6 Å². The molecule has 1 aliphatic rings. The van der Waals surface area contributed by atoms with Gasteiger partial charge in [0.05, 0.1) is 0 Å². The van der Waals surface area contributed by atoms with Gasteiger partial charge >= 0.3 is 0 Å². The van der Waals surface area contributed by atoms with Gasteiger partial charge in [-0.15, -0.1) is 0 Å². The van der Waals surface area contributed by atoms with Crippen molar-refractivity contribution in [1.82, 2.24) is 10.6 Å². The van der Waals surface area contributed by atoms with Gasteiger partial charge in [0.1, 0.15) is 0 Å². The zero-order valence-corrected chi connectivity index (χ0v) is 11.9. The maximum absolute atomic E-state index is 3.58. The number of hydrogen-bond acceptors (Lipinski definition) is 2. The van der Waals surface area contributed by atoms with Crippen molar-refractivity contribution in [2.24, 2.45) is 11.8 Å². The maximum atomic E-state index is 3.58. The second-order valence-electron chi connectivity index (χ2n) is 5.99. The molecule has 0 aromatic rings. The van der Waals surface area contributed by atoms with Crippen molar-refractivity contribution < 1.29 is 0 Å². The molecule has 1 saturated carbocycles. The van der Waals surface area contributed by atoms with E-state index in [1.165, 1.54) is 58.0 Å². The molecule has 102 valence electrons. The lowest BCUT2D eigenvalue weighted by Crippen LogP contribution is -2.26. The number of hydrogen-bond donors (Lipinski definition) is 2. The molecule has 17 heavy (non-hydrogen) atoms. The van der Waals surface area contributed by atoms with Crippen LogP contribution in [-0.2, 0) is 0 Å². The minimum atomic E-state index is 0.772. The largest absolute Gasteiger partial charge is 0.317 e. The second kappa shape index (κ2) is 9.90. The standard InChI is InChI=1S/C15H32N2/c1-14(2)13-17-11-6-10-16-12-9-15-7-4-3-5-8-15/h14-17H,3-13H2,1-2H3. The Balaban J connectivity index is 1.78.